The summed E-state index contributed by atoms with van der Waals surface area (Å²) in [6.45, 7) is 8.36. The molecule has 0 atom stereocenters. The Kier molecular flexibility index (Phi) is 5.35. The number of amides is 2. The molecule has 1 heterocycles. The van der Waals surface area contributed by atoms with Gasteiger partial charge in [-0.25, -0.2) is 0 Å². The lowest BCUT2D eigenvalue weighted by Crippen LogP contribution is -2.51. The van der Waals surface area contributed by atoms with Gasteiger partial charge in [0.1, 0.15) is 5.75 Å². The molecule has 0 radical (unpaired) electrons. The summed E-state index contributed by atoms with van der Waals surface area (Å²) in [7, 11) is 0. The average Bonchev–Trinajstić information content (AvgIpc) is 2.66. The summed E-state index contributed by atoms with van der Waals surface area (Å²) in [5.74, 6) is -1.35. The number of rotatable bonds is 2. The van der Waals surface area contributed by atoms with Crippen molar-refractivity contribution in [2.24, 2.45) is 0 Å². The van der Waals surface area contributed by atoms with Crippen LogP contribution in [0.3, 0.4) is 0 Å². The molecular weight excluding hydrogens is 342 g/mol. The summed E-state index contributed by atoms with van der Waals surface area (Å²) in [4.78, 5) is 28.5. The zero-order chi connectivity index (χ0) is 19.6. The maximum Gasteiger partial charge on any atom is 0.314 e. The lowest BCUT2D eigenvalue weighted by Gasteiger charge is -2.36. The Bertz CT molecular complexity index is 871. The third kappa shape index (κ3) is 4.05. The van der Waals surface area contributed by atoms with Gasteiger partial charge in [-0.1, -0.05) is 18.2 Å². The van der Waals surface area contributed by atoms with E-state index in [0.717, 1.165) is 5.56 Å². The van der Waals surface area contributed by atoms with Gasteiger partial charge in [0, 0.05) is 31.9 Å². The summed E-state index contributed by atoms with van der Waals surface area (Å²) in [6, 6.07) is 11.1. The van der Waals surface area contributed by atoms with E-state index in [1.807, 2.05) is 13.0 Å². The van der Waals surface area contributed by atoms with E-state index >= 15 is 0 Å². The van der Waals surface area contributed by atoms with Gasteiger partial charge < -0.3 is 20.2 Å². The molecule has 1 aliphatic heterocycles. The Morgan fingerprint density at radius 3 is 2.37 bits per heavy atom. The minimum atomic E-state index is -0.727. The number of hydrogen-bond donors (Lipinski definition) is 2. The lowest BCUT2D eigenvalue weighted by molar-refractivity contribution is -0.143. The Morgan fingerprint density at radius 2 is 1.70 bits per heavy atom. The van der Waals surface area contributed by atoms with Crippen molar-refractivity contribution in [3.05, 3.63) is 53.1 Å². The molecule has 2 aromatic carbocycles. The smallest absolute Gasteiger partial charge is 0.314 e. The molecule has 0 aliphatic carbocycles. The first-order chi connectivity index (χ1) is 12.9. The molecule has 0 bridgehead atoms. The fraction of sp³-hybridized carbons (Fsp3) is 0.333. The van der Waals surface area contributed by atoms with E-state index in [1.54, 1.807) is 23.1 Å². The van der Waals surface area contributed by atoms with Gasteiger partial charge in [0.15, 0.2) is 0 Å². The quantitative estimate of drug-likeness (QED) is 0.632. The molecule has 6 nitrogen and oxygen atoms in total. The van der Waals surface area contributed by atoms with Crippen LogP contribution in [-0.2, 0) is 9.59 Å². The van der Waals surface area contributed by atoms with Crippen LogP contribution in [-0.4, -0.2) is 48.0 Å². The monoisotopic (exact) mass is 367 g/mol. The van der Waals surface area contributed by atoms with E-state index in [9.17, 15) is 14.7 Å². The fourth-order valence-corrected chi connectivity index (χ4v) is 3.30. The highest BCUT2D eigenvalue weighted by molar-refractivity contribution is 6.39. The fourth-order valence-electron chi connectivity index (χ4n) is 3.30. The van der Waals surface area contributed by atoms with Gasteiger partial charge in [0.25, 0.3) is 0 Å². The molecule has 27 heavy (non-hydrogen) atoms. The van der Waals surface area contributed by atoms with E-state index in [0.29, 0.717) is 26.2 Å². The van der Waals surface area contributed by atoms with E-state index in [-0.39, 0.29) is 11.4 Å². The summed E-state index contributed by atoms with van der Waals surface area (Å²) in [5.41, 5.74) is 4.77. The molecule has 1 aliphatic rings. The predicted molar refractivity (Wildman–Crippen MR) is 106 cm³/mol. The highest BCUT2D eigenvalue weighted by atomic mass is 16.3. The highest BCUT2D eigenvalue weighted by Crippen LogP contribution is 2.25. The maximum atomic E-state index is 12.5. The molecule has 1 saturated heterocycles. The van der Waals surface area contributed by atoms with Crippen molar-refractivity contribution in [3.8, 4) is 5.75 Å². The first kappa shape index (κ1) is 18.8. The van der Waals surface area contributed by atoms with Crippen LogP contribution in [0, 0.1) is 20.8 Å². The van der Waals surface area contributed by atoms with Crippen molar-refractivity contribution in [1.29, 1.82) is 0 Å². The summed E-state index contributed by atoms with van der Waals surface area (Å²) >= 11 is 0. The number of carbonyl (C=O) groups is 2. The van der Waals surface area contributed by atoms with Crippen LogP contribution in [0.2, 0.25) is 0 Å². The Morgan fingerprint density at radius 1 is 1.00 bits per heavy atom. The average molecular weight is 367 g/mol. The highest BCUT2D eigenvalue weighted by Gasteiger charge is 2.27. The van der Waals surface area contributed by atoms with Crippen LogP contribution in [0.25, 0.3) is 0 Å². The number of phenols is 1. The third-order valence-corrected chi connectivity index (χ3v) is 5.08. The second kappa shape index (κ2) is 7.70. The van der Waals surface area contributed by atoms with Crippen LogP contribution in [0.5, 0.6) is 5.75 Å². The number of benzene rings is 2. The van der Waals surface area contributed by atoms with Gasteiger partial charge in [0.05, 0.1) is 5.69 Å². The zero-order valence-electron chi connectivity index (χ0n) is 16.0. The molecule has 2 amide bonds. The van der Waals surface area contributed by atoms with Gasteiger partial charge in [-0.2, -0.15) is 0 Å². The summed E-state index contributed by atoms with van der Waals surface area (Å²) in [5, 5.41) is 12.4. The van der Waals surface area contributed by atoms with Gasteiger partial charge >= 0.3 is 11.8 Å². The van der Waals surface area contributed by atoms with Crippen molar-refractivity contribution < 1.29 is 14.7 Å². The SMILES string of the molecule is Cc1ccc(NC(=O)C(=O)N2CCN(c3cccc(C)c3C)CC2)c(O)c1. The Hall–Kier alpha value is -3.02. The van der Waals surface area contributed by atoms with Gasteiger partial charge in [-0.3, -0.25) is 9.59 Å². The van der Waals surface area contributed by atoms with Crippen LogP contribution < -0.4 is 10.2 Å². The minimum Gasteiger partial charge on any atom is -0.506 e. The molecule has 0 spiro atoms. The number of hydrogen-bond acceptors (Lipinski definition) is 4. The van der Waals surface area contributed by atoms with Crippen molar-refractivity contribution in [1.82, 2.24) is 4.90 Å². The molecule has 3 rings (SSSR count). The lowest BCUT2D eigenvalue weighted by atomic mass is 10.1. The number of aromatic hydroxyl groups is 1. The largest absolute Gasteiger partial charge is 0.506 e. The van der Waals surface area contributed by atoms with Crippen LogP contribution >= 0.6 is 0 Å². The number of aryl methyl sites for hydroxylation is 2. The standard InChI is InChI=1S/C21H25N3O3/c1-14-7-8-17(19(25)13-14)22-20(26)21(27)24-11-9-23(10-12-24)18-6-4-5-15(2)16(18)3/h4-8,13,25H,9-12H2,1-3H3,(H,22,26). The van der Waals surface area contributed by atoms with E-state index in [1.165, 1.54) is 16.8 Å². The molecule has 0 saturated carbocycles. The van der Waals surface area contributed by atoms with Crippen molar-refractivity contribution >= 4 is 23.2 Å². The molecule has 0 aromatic heterocycles. The zero-order valence-corrected chi connectivity index (χ0v) is 16.0. The van der Waals surface area contributed by atoms with Crippen molar-refractivity contribution in [2.75, 3.05) is 36.4 Å². The van der Waals surface area contributed by atoms with Crippen LogP contribution in [0.15, 0.2) is 36.4 Å². The normalized spacial score (nSPS) is 14.2. The maximum absolute atomic E-state index is 12.5. The van der Waals surface area contributed by atoms with Crippen molar-refractivity contribution in [3.63, 3.8) is 0 Å². The topological polar surface area (TPSA) is 72.9 Å². The van der Waals surface area contributed by atoms with Gasteiger partial charge in [0.2, 0.25) is 0 Å². The predicted octanol–water partition coefficient (Wildman–Crippen LogP) is 2.60. The molecular formula is C21H25N3O3. The van der Waals surface area contributed by atoms with Crippen molar-refractivity contribution in [2.45, 2.75) is 20.8 Å². The minimum absolute atomic E-state index is 0.0455. The van der Waals surface area contributed by atoms with E-state index < -0.39 is 11.8 Å². The molecule has 2 N–H and O–H groups in total. The van der Waals surface area contributed by atoms with Crippen LogP contribution in [0.4, 0.5) is 11.4 Å². The first-order valence-corrected chi connectivity index (χ1v) is 9.08. The molecule has 0 unspecified atom stereocenters. The molecule has 2 aromatic rings. The number of phenolic OH excluding ortho intramolecular Hbond substituents is 1. The first-order valence-electron chi connectivity index (χ1n) is 9.08. The molecule has 142 valence electrons. The Balaban J connectivity index is 1.61. The summed E-state index contributed by atoms with van der Waals surface area (Å²) in [6.07, 6.45) is 0. The number of anilines is 2. The number of nitrogens with zero attached hydrogens (tertiary/aromatic N) is 2. The van der Waals surface area contributed by atoms with Gasteiger partial charge in [-0.15, -0.1) is 0 Å². The summed E-state index contributed by atoms with van der Waals surface area (Å²) < 4.78 is 0. The second-order valence-electron chi connectivity index (χ2n) is 6.97. The number of carbonyl (C=O) groups excluding carboxylic acids is 2. The van der Waals surface area contributed by atoms with E-state index in [2.05, 4.69) is 36.2 Å². The Labute approximate surface area is 159 Å². The second-order valence-corrected chi connectivity index (χ2v) is 6.97. The third-order valence-electron chi connectivity index (χ3n) is 5.08. The number of nitrogens with one attached hydrogen (secondary N) is 1. The molecule has 1 fully saturated rings. The van der Waals surface area contributed by atoms with Gasteiger partial charge in [-0.05, 0) is 55.7 Å². The van der Waals surface area contributed by atoms with E-state index in [4.69, 9.17) is 0 Å². The number of piperazine rings is 1. The van der Waals surface area contributed by atoms with Crippen LogP contribution in [0.1, 0.15) is 16.7 Å². The molecule has 6 heteroatoms.